The third-order valence-electron chi connectivity index (χ3n) is 3.09. The first-order valence-corrected chi connectivity index (χ1v) is 7.77. The van der Waals surface area contributed by atoms with Crippen LogP contribution in [0.4, 0.5) is 0 Å². The van der Waals surface area contributed by atoms with E-state index in [9.17, 15) is 9.59 Å². The van der Waals surface area contributed by atoms with Crippen molar-refractivity contribution in [2.45, 2.75) is 6.54 Å². The number of benzene rings is 2. The van der Waals surface area contributed by atoms with E-state index in [0.29, 0.717) is 15.8 Å². The molecule has 0 saturated carbocycles. The normalized spacial score (nSPS) is 10.1. The van der Waals surface area contributed by atoms with Crippen molar-refractivity contribution in [2.24, 2.45) is 0 Å². The lowest BCUT2D eigenvalue weighted by molar-refractivity contribution is -0.124. The minimum absolute atomic E-state index is 0.160. The summed E-state index contributed by atoms with van der Waals surface area (Å²) in [6, 6.07) is 11.7. The highest BCUT2D eigenvalue weighted by molar-refractivity contribution is 6.31. The highest BCUT2D eigenvalue weighted by Crippen LogP contribution is 2.23. The topological polar surface area (TPSA) is 64.6 Å². The number of nitrogens with one attached hydrogen (secondary N) is 1. The van der Waals surface area contributed by atoms with Crippen molar-refractivity contribution in [3.63, 3.8) is 0 Å². The Balaban J connectivity index is 1.87. The van der Waals surface area contributed by atoms with Gasteiger partial charge in [0.05, 0.1) is 7.11 Å². The Labute approximate surface area is 149 Å². The van der Waals surface area contributed by atoms with E-state index in [0.717, 1.165) is 5.56 Å². The minimum atomic E-state index is -0.688. The molecule has 5 nitrogen and oxygen atoms in total. The SMILES string of the molecule is COc1ccc(Cl)cc1C(=O)OCC(=O)NCc1cccc(Cl)c1. The molecule has 0 aliphatic rings. The lowest BCUT2D eigenvalue weighted by atomic mass is 10.2. The Kier molecular flexibility index (Phi) is 6.46. The molecule has 126 valence electrons. The molecule has 1 N–H and O–H groups in total. The van der Waals surface area contributed by atoms with E-state index in [4.69, 9.17) is 32.7 Å². The van der Waals surface area contributed by atoms with Crippen LogP contribution in [-0.2, 0) is 16.1 Å². The van der Waals surface area contributed by atoms with Gasteiger partial charge in [-0.3, -0.25) is 4.79 Å². The molecule has 0 aliphatic carbocycles. The number of ether oxygens (including phenoxy) is 2. The second kappa shape index (κ2) is 8.57. The quantitative estimate of drug-likeness (QED) is 0.793. The van der Waals surface area contributed by atoms with Crippen LogP contribution in [0.3, 0.4) is 0 Å². The number of hydrogen-bond donors (Lipinski definition) is 1. The van der Waals surface area contributed by atoms with Crippen LogP contribution in [0.15, 0.2) is 42.5 Å². The third kappa shape index (κ3) is 5.15. The molecule has 7 heteroatoms. The number of halogens is 2. The molecular weight excluding hydrogens is 353 g/mol. The second-order valence-electron chi connectivity index (χ2n) is 4.83. The molecule has 0 radical (unpaired) electrons. The lowest BCUT2D eigenvalue weighted by Crippen LogP contribution is -2.28. The molecule has 0 aromatic heterocycles. The molecule has 2 rings (SSSR count). The summed E-state index contributed by atoms with van der Waals surface area (Å²) < 4.78 is 10.1. The zero-order valence-electron chi connectivity index (χ0n) is 12.8. The Morgan fingerprint density at radius 3 is 2.54 bits per heavy atom. The monoisotopic (exact) mass is 367 g/mol. The summed E-state index contributed by atoms with van der Waals surface area (Å²) >= 11 is 11.7. The predicted octanol–water partition coefficient (Wildman–Crippen LogP) is 3.48. The molecule has 0 spiro atoms. The Morgan fingerprint density at radius 1 is 1.08 bits per heavy atom. The zero-order valence-corrected chi connectivity index (χ0v) is 14.4. The largest absolute Gasteiger partial charge is 0.496 e. The van der Waals surface area contributed by atoms with E-state index in [1.54, 1.807) is 30.3 Å². The van der Waals surface area contributed by atoms with Crippen LogP contribution >= 0.6 is 23.2 Å². The maximum atomic E-state index is 12.0. The Bertz CT molecular complexity index is 749. The Morgan fingerprint density at radius 2 is 1.83 bits per heavy atom. The molecule has 0 fully saturated rings. The van der Waals surface area contributed by atoms with Crippen molar-refractivity contribution >= 4 is 35.1 Å². The van der Waals surface area contributed by atoms with Gasteiger partial charge in [0.1, 0.15) is 11.3 Å². The van der Waals surface area contributed by atoms with E-state index in [-0.39, 0.29) is 12.1 Å². The number of hydrogen-bond acceptors (Lipinski definition) is 4. The minimum Gasteiger partial charge on any atom is -0.496 e. The average molecular weight is 368 g/mol. The van der Waals surface area contributed by atoms with Crippen LogP contribution in [0.1, 0.15) is 15.9 Å². The van der Waals surface area contributed by atoms with Gasteiger partial charge in [-0.05, 0) is 35.9 Å². The van der Waals surface area contributed by atoms with Crippen LogP contribution in [0.5, 0.6) is 5.75 Å². The molecule has 2 aromatic carbocycles. The molecule has 24 heavy (non-hydrogen) atoms. The average Bonchev–Trinajstić information content (AvgIpc) is 2.58. The number of amides is 1. The van der Waals surface area contributed by atoms with Crippen LogP contribution in [0, 0.1) is 0 Å². The number of esters is 1. The summed E-state index contributed by atoms with van der Waals surface area (Å²) in [5, 5.41) is 3.59. The van der Waals surface area contributed by atoms with E-state index < -0.39 is 18.5 Å². The maximum Gasteiger partial charge on any atom is 0.342 e. The molecule has 0 unspecified atom stereocenters. The van der Waals surface area contributed by atoms with E-state index in [2.05, 4.69) is 5.32 Å². The predicted molar refractivity (Wildman–Crippen MR) is 91.6 cm³/mol. The van der Waals surface area contributed by atoms with Crippen molar-refractivity contribution in [2.75, 3.05) is 13.7 Å². The number of carbonyl (C=O) groups excluding carboxylic acids is 2. The van der Waals surface area contributed by atoms with Gasteiger partial charge in [0.25, 0.3) is 5.91 Å². The van der Waals surface area contributed by atoms with E-state index in [1.807, 2.05) is 6.07 Å². The van der Waals surface area contributed by atoms with E-state index in [1.165, 1.54) is 13.2 Å². The standard InChI is InChI=1S/C17H15Cl2NO4/c1-23-15-6-5-13(19)8-14(15)17(22)24-10-16(21)20-9-11-3-2-4-12(18)7-11/h2-8H,9-10H2,1H3,(H,20,21). The highest BCUT2D eigenvalue weighted by atomic mass is 35.5. The molecule has 0 atom stereocenters. The second-order valence-corrected chi connectivity index (χ2v) is 5.70. The highest BCUT2D eigenvalue weighted by Gasteiger charge is 2.16. The summed E-state index contributed by atoms with van der Waals surface area (Å²) in [7, 11) is 1.43. The van der Waals surface area contributed by atoms with Crippen molar-refractivity contribution in [3.8, 4) is 5.75 Å². The van der Waals surface area contributed by atoms with Gasteiger partial charge in [-0.15, -0.1) is 0 Å². The van der Waals surface area contributed by atoms with Gasteiger partial charge >= 0.3 is 5.97 Å². The number of rotatable bonds is 6. The molecule has 0 bridgehead atoms. The van der Waals surface area contributed by atoms with Crippen molar-refractivity contribution in [1.82, 2.24) is 5.32 Å². The van der Waals surface area contributed by atoms with Crippen LogP contribution < -0.4 is 10.1 Å². The van der Waals surface area contributed by atoms with Crippen LogP contribution in [0.25, 0.3) is 0 Å². The van der Waals surface area contributed by atoms with Gasteiger partial charge in [0.15, 0.2) is 6.61 Å². The van der Waals surface area contributed by atoms with Crippen LogP contribution in [-0.4, -0.2) is 25.6 Å². The fraction of sp³-hybridized carbons (Fsp3) is 0.176. The van der Waals surface area contributed by atoms with E-state index >= 15 is 0 Å². The summed E-state index contributed by atoms with van der Waals surface area (Å²) in [6.45, 7) is -0.119. The first-order valence-electron chi connectivity index (χ1n) is 7.01. The summed E-state index contributed by atoms with van der Waals surface area (Å²) in [5.74, 6) is -0.791. The first kappa shape index (κ1) is 18.1. The van der Waals surface area contributed by atoms with Crippen molar-refractivity contribution in [1.29, 1.82) is 0 Å². The first-order chi connectivity index (χ1) is 11.5. The molecule has 0 heterocycles. The molecule has 2 aromatic rings. The van der Waals surface area contributed by atoms with Crippen LogP contribution in [0.2, 0.25) is 10.0 Å². The molecule has 0 aliphatic heterocycles. The van der Waals surface area contributed by atoms with Gasteiger partial charge in [0.2, 0.25) is 0 Å². The fourth-order valence-corrected chi connectivity index (χ4v) is 2.33. The van der Waals surface area contributed by atoms with Gasteiger partial charge in [-0.2, -0.15) is 0 Å². The van der Waals surface area contributed by atoms with Crippen molar-refractivity contribution < 1.29 is 19.1 Å². The van der Waals surface area contributed by atoms with Gasteiger partial charge < -0.3 is 14.8 Å². The fourth-order valence-electron chi connectivity index (χ4n) is 1.95. The Hall–Kier alpha value is -2.24. The zero-order chi connectivity index (χ0) is 17.5. The van der Waals surface area contributed by atoms with Gasteiger partial charge in [-0.1, -0.05) is 35.3 Å². The number of methoxy groups -OCH3 is 1. The number of carbonyl (C=O) groups is 2. The lowest BCUT2D eigenvalue weighted by Gasteiger charge is -2.09. The molecule has 0 saturated heterocycles. The summed E-state index contributed by atoms with van der Waals surface area (Å²) in [4.78, 5) is 23.8. The smallest absolute Gasteiger partial charge is 0.342 e. The third-order valence-corrected chi connectivity index (χ3v) is 3.56. The maximum absolute atomic E-state index is 12.0. The van der Waals surface area contributed by atoms with Gasteiger partial charge in [0, 0.05) is 16.6 Å². The summed E-state index contributed by atoms with van der Waals surface area (Å²) in [5.41, 5.74) is 1.01. The summed E-state index contributed by atoms with van der Waals surface area (Å²) in [6.07, 6.45) is 0. The molecule has 1 amide bonds. The molecular formula is C17H15Cl2NO4. The van der Waals surface area contributed by atoms with Crippen molar-refractivity contribution in [3.05, 3.63) is 63.6 Å². The van der Waals surface area contributed by atoms with Gasteiger partial charge in [-0.25, -0.2) is 4.79 Å².